The van der Waals surface area contributed by atoms with Crippen LogP contribution in [0.3, 0.4) is 0 Å². The number of ether oxygens (including phenoxy) is 2. The van der Waals surface area contributed by atoms with Crippen LogP contribution in [0.2, 0.25) is 0 Å². The molecule has 1 atom stereocenters. The average Bonchev–Trinajstić information content (AvgIpc) is 2.81. The molecule has 2 aliphatic heterocycles. The fourth-order valence-corrected chi connectivity index (χ4v) is 3.28. The summed E-state index contributed by atoms with van der Waals surface area (Å²) in [4.78, 5) is 2.47. The van der Waals surface area contributed by atoms with E-state index in [1.807, 2.05) is 24.3 Å². The molecule has 0 saturated carbocycles. The lowest BCUT2D eigenvalue weighted by Crippen LogP contribution is -2.44. The molecule has 2 fully saturated rings. The molecule has 0 bridgehead atoms. The third kappa shape index (κ3) is 4.42. The topological polar surface area (TPSA) is 40.2 Å². The van der Waals surface area contributed by atoms with E-state index >= 15 is 0 Å². The van der Waals surface area contributed by atoms with Crippen molar-refractivity contribution >= 4 is 12.6 Å². The molecule has 26 heavy (non-hydrogen) atoms. The van der Waals surface area contributed by atoms with Crippen molar-refractivity contribution in [1.29, 1.82) is 0 Å². The Hall–Kier alpha value is -1.08. The number of morpholine rings is 1. The smallest absolute Gasteiger partial charge is 0.494 e. The third-order valence-electron chi connectivity index (χ3n) is 5.75. The van der Waals surface area contributed by atoms with E-state index < -0.39 is 0 Å². The van der Waals surface area contributed by atoms with Gasteiger partial charge in [0.05, 0.1) is 31.0 Å². The number of benzene rings is 1. The van der Waals surface area contributed by atoms with Crippen molar-refractivity contribution in [2.75, 3.05) is 32.9 Å². The molecule has 3 rings (SSSR count). The van der Waals surface area contributed by atoms with Crippen LogP contribution < -0.4 is 10.2 Å². The number of rotatable bonds is 6. The summed E-state index contributed by atoms with van der Waals surface area (Å²) in [7, 11) is -0.349. The molecule has 2 saturated heterocycles. The van der Waals surface area contributed by atoms with Crippen LogP contribution >= 0.6 is 0 Å². The SMILES string of the molecule is CC1COCCN1CCCOc1cccc(B2OC(C)(C)C(C)(C)O2)c1. The zero-order valence-electron chi connectivity index (χ0n) is 16.8. The Kier molecular flexibility index (Phi) is 5.97. The second kappa shape index (κ2) is 7.89. The first kappa shape index (κ1) is 19.7. The minimum absolute atomic E-state index is 0.330. The van der Waals surface area contributed by atoms with E-state index in [0.29, 0.717) is 12.6 Å². The minimum Gasteiger partial charge on any atom is -0.494 e. The van der Waals surface area contributed by atoms with Gasteiger partial charge in [-0.25, -0.2) is 0 Å². The van der Waals surface area contributed by atoms with Gasteiger partial charge in [-0.15, -0.1) is 0 Å². The Balaban J connectivity index is 1.50. The summed E-state index contributed by atoms with van der Waals surface area (Å²) in [6.07, 6.45) is 1.01. The molecule has 1 unspecified atom stereocenters. The van der Waals surface area contributed by atoms with Gasteiger partial charge in [0.15, 0.2) is 0 Å². The van der Waals surface area contributed by atoms with Gasteiger partial charge >= 0.3 is 7.12 Å². The predicted molar refractivity (Wildman–Crippen MR) is 104 cm³/mol. The molecule has 0 radical (unpaired) electrons. The molecule has 0 aliphatic carbocycles. The van der Waals surface area contributed by atoms with E-state index in [9.17, 15) is 0 Å². The third-order valence-corrected chi connectivity index (χ3v) is 5.75. The summed E-state index contributed by atoms with van der Waals surface area (Å²) in [5.74, 6) is 0.868. The van der Waals surface area contributed by atoms with E-state index in [4.69, 9.17) is 18.8 Å². The fraction of sp³-hybridized carbons (Fsp3) is 0.700. The second-order valence-corrected chi connectivity index (χ2v) is 8.32. The van der Waals surface area contributed by atoms with Crippen LogP contribution in [-0.2, 0) is 14.0 Å². The summed E-state index contributed by atoms with van der Waals surface area (Å²) in [5, 5.41) is 0. The lowest BCUT2D eigenvalue weighted by molar-refractivity contribution is -0.00200. The van der Waals surface area contributed by atoms with E-state index in [1.54, 1.807) is 0 Å². The molecule has 2 heterocycles. The molecular weight excluding hydrogens is 329 g/mol. The van der Waals surface area contributed by atoms with Crippen LogP contribution in [0.15, 0.2) is 24.3 Å². The summed E-state index contributed by atoms with van der Waals surface area (Å²) in [5.41, 5.74) is 0.343. The van der Waals surface area contributed by atoms with Gasteiger partial charge in [-0.2, -0.15) is 0 Å². The van der Waals surface area contributed by atoms with Crippen LogP contribution in [0.4, 0.5) is 0 Å². The summed E-state index contributed by atoms with van der Waals surface area (Å²) in [6.45, 7) is 14.9. The van der Waals surface area contributed by atoms with Gasteiger partial charge in [0.1, 0.15) is 5.75 Å². The van der Waals surface area contributed by atoms with Crippen molar-refractivity contribution in [3.8, 4) is 5.75 Å². The first-order valence-corrected chi connectivity index (χ1v) is 9.69. The van der Waals surface area contributed by atoms with Crippen LogP contribution in [0.25, 0.3) is 0 Å². The minimum atomic E-state index is -0.349. The van der Waals surface area contributed by atoms with Crippen molar-refractivity contribution in [3.63, 3.8) is 0 Å². The van der Waals surface area contributed by atoms with Gasteiger partial charge in [0, 0.05) is 19.1 Å². The van der Waals surface area contributed by atoms with Crippen molar-refractivity contribution in [2.45, 2.75) is 58.3 Å². The van der Waals surface area contributed by atoms with Crippen LogP contribution in [0.1, 0.15) is 41.0 Å². The van der Waals surface area contributed by atoms with Crippen LogP contribution in [0, 0.1) is 0 Å². The maximum absolute atomic E-state index is 6.13. The number of hydrogen-bond donors (Lipinski definition) is 0. The van der Waals surface area contributed by atoms with Gasteiger partial charge in [-0.05, 0) is 58.6 Å². The fourth-order valence-electron chi connectivity index (χ4n) is 3.28. The Morgan fingerprint density at radius 1 is 1.19 bits per heavy atom. The Bertz CT molecular complexity index is 591. The maximum Gasteiger partial charge on any atom is 0.494 e. The van der Waals surface area contributed by atoms with Gasteiger partial charge < -0.3 is 18.8 Å². The molecular formula is C20H32BNO4. The van der Waals surface area contributed by atoms with Gasteiger partial charge in [0.2, 0.25) is 0 Å². The predicted octanol–water partition coefficient (Wildman–Crippen LogP) is 2.48. The Morgan fingerprint density at radius 3 is 2.62 bits per heavy atom. The first-order valence-electron chi connectivity index (χ1n) is 9.69. The first-order chi connectivity index (χ1) is 12.3. The zero-order valence-corrected chi connectivity index (χ0v) is 16.8. The molecule has 6 heteroatoms. The van der Waals surface area contributed by atoms with Crippen LogP contribution in [-0.4, -0.2) is 62.2 Å². The largest absolute Gasteiger partial charge is 0.494 e. The molecule has 0 N–H and O–H groups in total. The maximum atomic E-state index is 6.13. The van der Waals surface area contributed by atoms with Crippen molar-refractivity contribution in [2.24, 2.45) is 0 Å². The number of hydrogen-bond acceptors (Lipinski definition) is 5. The molecule has 0 amide bonds. The molecule has 144 valence electrons. The quantitative estimate of drug-likeness (QED) is 0.575. The Labute approximate surface area is 158 Å². The van der Waals surface area contributed by atoms with E-state index in [2.05, 4.69) is 39.5 Å². The highest BCUT2D eigenvalue weighted by Gasteiger charge is 2.51. The highest BCUT2D eigenvalue weighted by molar-refractivity contribution is 6.62. The van der Waals surface area contributed by atoms with Crippen molar-refractivity contribution in [1.82, 2.24) is 4.90 Å². The van der Waals surface area contributed by atoms with Gasteiger partial charge in [-0.1, -0.05) is 12.1 Å². The standard InChI is InChI=1S/C20H32BNO4/c1-16-15-23-13-11-22(16)10-7-12-24-18-9-6-8-17(14-18)21-25-19(2,3)20(4,5)26-21/h6,8-9,14,16H,7,10-13,15H2,1-5H3. The zero-order chi connectivity index (χ0) is 18.8. The second-order valence-electron chi connectivity index (χ2n) is 8.32. The summed E-state index contributed by atoms with van der Waals surface area (Å²) >= 11 is 0. The molecule has 5 nitrogen and oxygen atoms in total. The summed E-state index contributed by atoms with van der Waals surface area (Å²) < 4.78 is 23.7. The van der Waals surface area contributed by atoms with E-state index in [-0.39, 0.29) is 18.3 Å². The van der Waals surface area contributed by atoms with E-state index in [1.165, 1.54) is 0 Å². The summed E-state index contributed by atoms with van der Waals surface area (Å²) in [6, 6.07) is 8.55. The molecule has 1 aromatic rings. The van der Waals surface area contributed by atoms with Crippen LogP contribution in [0.5, 0.6) is 5.75 Å². The highest BCUT2D eigenvalue weighted by atomic mass is 16.7. The normalized spacial score (nSPS) is 25.4. The lowest BCUT2D eigenvalue weighted by atomic mass is 9.79. The highest BCUT2D eigenvalue weighted by Crippen LogP contribution is 2.36. The van der Waals surface area contributed by atoms with Gasteiger partial charge in [-0.3, -0.25) is 4.90 Å². The van der Waals surface area contributed by atoms with Crippen molar-refractivity contribution < 1.29 is 18.8 Å². The lowest BCUT2D eigenvalue weighted by Gasteiger charge is -2.33. The Morgan fingerprint density at radius 2 is 1.92 bits per heavy atom. The molecule has 0 aromatic heterocycles. The van der Waals surface area contributed by atoms with E-state index in [0.717, 1.165) is 43.9 Å². The number of nitrogens with zero attached hydrogens (tertiary/aromatic N) is 1. The molecule has 1 aromatic carbocycles. The monoisotopic (exact) mass is 361 g/mol. The molecule has 2 aliphatic rings. The average molecular weight is 361 g/mol. The van der Waals surface area contributed by atoms with Crippen molar-refractivity contribution in [3.05, 3.63) is 24.3 Å². The molecule has 0 spiro atoms. The van der Waals surface area contributed by atoms with Gasteiger partial charge in [0.25, 0.3) is 0 Å².